The van der Waals surface area contributed by atoms with Crippen LogP contribution >= 0.6 is 24.2 Å². The van der Waals surface area contributed by atoms with Crippen LogP contribution in [0.3, 0.4) is 0 Å². The molecule has 0 spiro atoms. The first kappa shape index (κ1) is 18.9. The van der Waals surface area contributed by atoms with Crippen LogP contribution in [-0.2, 0) is 4.79 Å². The fourth-order valence-electron chi connectivity index (χ4n) is 2.23. The van der Waals surface area contributed by atoms with Crippen LogP contribution in [0, 0.1) is 0 Å². The van der Waals surface area contributed by atoms with Crippen molar-refractivity contribution in [1.29, 1.82) is 0 Å². The molecule has 0 radical (unpaired) electrons. The summed E-state index contributed by atoms with van der Waals surface area (Å²) in [5, 5.41) is 3.25. The van der Waals surface area contributed by atoms with Gasteiger partial charge in [0, 0.05) is 43.2 Å². The lowest BCUT2D eigenvalue weighted by molar-refractivity contribution is -0.131. The molecule has 0 aliphatic carbocycles. The topological polar surface area (TPSA) is 50.8 Å². The quantitative estimate of drug-likeness (QED) is 0.799. The van der Waals surface area contributed by atoms with E-state index in [1.807, 2.05) is 23.1 Å². The zero-order chi connectivity index (χ0) is 15.1. The fraction of sp³-hybridized carbons (Fsp3) is 0.533. The first-order valence-corrected chi connectivity index (χ1v) is 8.06. The maximum Gasteiger partial charge on any atom is 0.223 e. The Morgan fingerprint density at radius 3 is 2.55 bits per heavy atom. The van der Waals surface area contributed by atoms with Gasteiger partial charge in [-0.15, -0.1) is 24.2 Å². The van der Waals surface area contributed by atoms with Crippen molar-refractivity contribution >= 4 is 30.1 Å². The van der Waals surface area contributed by atoms with Crippen molar-refractivity contribution in [3.8, 4) is 11.5 Å². The molecule has 1 saturated heterocycles. The predicted octanol–water partition coefficient (Wildman–Crippen LogP) is 2.04. The highest BCUT2D eigenvalue weighted by molar-refractivity contribution is 7.99. The monoisotopic (exact) mass is 346 g/mol. The van der Waals surface area contributed by atoms with Crippen molar-refractivity contribution in [3.05, 3.63) is 18.2 Å². The van der Waals surface area contributed by atoms with E-state index in [-0.39, 0.29) is 18.3 Å². The van der Waals surface area contributed by atoms with Crippen LogP contribution in [0.5, 0.6) is 11.5 Å². The molecule has 0 saturated carbocycles. The van der Waals surface area contributed by atoms with Crippen molar-refractivity contribution in [2.75, 3.05) is 46.2 Å². The molecule has 1 aromatic carbocycles. The van der Waals surface area contributed by atoms with Crippen LogP contribution in [0.15, 0.2) is 23.1 Å². The van der Waals surface area contributed by atoms with Crippen molar-refractivity contribution < 1.29 is 14.3 Å². The number of nitrogens with one attached hydrogen (secondary N) is 1. The van der Waals surface area contributed by atoms with Gasteiger partial charge >= 0.3 is 0 Å². The summed E-state index contributed by atoms with van der Waals surface area (Å²) in [6.45, 7) is 3.43. The number of hydrogen-bond acceptors (Lipinski definition) is 5. The number of methoxy groups -OCH3 is 2. The average Bonchev–Trinajstić information content (AvgIpc) is 2.55. The van der Waals surface area contributed by atoms with E-state index in [4.69, 9.17) is 9.47 Å². The number of piperazine rings is 1. The largest absolute Gasteiger partial charge is 0.493 e. The zero-order valence-electron chi connectivity index (χ0n) is 13.0. The number of ether oxygens (including phenoxy) is 2. The number of rotatable bonds is 6. The van der Waals surface area contributed by atoms with Gasteiger partial charge in [-0.1, -0.05) is 0 Å². The van der Waals surface area contributed by atoms with E-state index in [1.54, 1.807) is 26.0 Å². The highest BCUT2D eigenvalue weighted by Crippen LogP contribution is 2.32. The number of carbonyl (C=O) groups excluding carboxylic acids is 1. The van der Waals surface area contributed by atoms with Crippen LogP contribution in [-0.4, -0.2) is 57.0 Å². The molecule has 1 aromatic rings. The number of amides is 1. The lowest BCUT2D eigenvalue weighted by atomic mass is 10.3. The van der Waals surface area contributed by atoms with Crippen molar-refractivity contribution in [2.24, 2.45) is 0 Å². The molecule has 1 aliphatic rings. The van der Waals surface area contributed by atoms with Gasteiger partial charge in [-0.05, 0) is 18.2 Å². The summed E-state index contributed by atoms with van der Waals surface area (Å²) in [5.41, 5.74) is 0. The summed E-state index contributed by atoms with van der Waals surface area (Å²) in [6.07, 6.45) is 0.568. The summed E-state index contributed by atoms with van der Waals surface area (Å²) < 4.78 is 10.5. The minimum atomic E-state index is 0. The van der Waals surface area contributed by atoms with Gasteiger partial charge in [-0.3, -0.25) is 4.79 Å². The highest BCUT2D eigenvalue weighted by Gasteiger charge is 2.15. The third-order valence-corrected chi connectivity index (χ3v) is 4.40. The average molecular weight is 347 g/mol. The third-order valence-electron chi connectivity index (χ3n) is 3.41. The summed E-state index contributed by atoms with van der Waals surface area (Å²) in [5.74, 6) is 2.46. The lowest BCUT2D eigenvalue weighted by Gasteiger charge is -2.27. The van der Waals surface area contributed by atoms with Gasteiger partial charge in [-0.25, -0.2) is 0 Å². The molecule has 1 N–H and O–H groups in total. The SMILES string of the molecule is COc1ccc(SCCC(=O)N2CCNCC2)cc1OC.Cl. The zero-order valence-corrected chi connectivity index (χ0v) is 14.6. The molecule has 124 valence electrons. The summed E-state index contributed by atoms with van der Waals surface area (Å²) in [4.78, 5) is 15.1. The molecule has 22 heavy (non-hydrogen) atoms. The molecule has 0 atom stereocenters. The van der Waals surface area contributed by atoms with Gasteiger partial charge in [0.25, 0.3) is 0 Å². The highest BCUT2D eigenvalue weighted by atomic mass is 35.5. The van der Waals surface area contributed by atoms with Gasteiger partial charge in [0.2, 0.25) is 5.91 Å². The Labute approximate surface area is 142 Å². The second-order valence-corrected chi connectivity index (χ2v) is 5.91. The van der Waals surface area contributed by atoms with Gasteiger partial charge in [0.05, 0.1) is 14.2 Å². The molecule has 0 aromatic heterocycles. The van der Waals surface area contributed by atoms with Crippen LogP contribution in [0.25, 0.3) is 0 Å². The van der Waals surface area contributed by atoms with E-state index in [0.717, 1.165) is 48.3 Å². The molecule has 1 amide bonds. The van der Waals surface area contributed by atoms with Gasteiger partial charge in [-0.2, -0.15) is 0 Å². The maximum atomic E-state index is 12.1. The minimum Gasteiger partial charge on any atom is -0.493 e. The Hall–Kier alpha value is -1.11. The van der Waals surface area contributed by atoms with Gasteiger partial charge in [0.1, 0.15) is 0 Å². The number of thioether (sulfide) groups is 1. The normalized spacial score (nSPS) is 14.2. The van der Waals surface area contributed by atoms with Crippen LogP contribution in [0.2, 0.25) is 0 Å². The van der Waals surface area contributed by atoms with Crippen LogP contribution in [0.4, 0.5) is 0 Å². The summed E-state index contributed by atoms with van der Waals surface area (Å²) >= 11 is 1.66. The lowest BCUT2D eigenvalue weighted by Crippen LogP contribution is -2.46. The number of carbonyl (C=O) groups is 1. The minimum absolute atomic E-state index is 0. The van der Waals surface area contributed by atoms with E-state index in [0.29, 0.717) is 6.42 Å². The van der Waals surface area contributed by atoms with E-state index in [1.165, 1.54) is 0 Å². The number of nitrogens with zero attached hydrogens (tertiary/aromatic N) is 1. The van der Waals surface area contributed by atoms with E-state index >= 15 is 0 Å². The van der Waals surface area contributed by atoms with Crippen LogP contribution < -0.4 is 14.8 Å². The van der Waals surface area contributed by atoms with Crippen molar-refractivity contribution in [1.82, 2.24) is 10.2 Å². The molecule has 1 heterocycles. The molecular weight excluding hydrogens is 324 g/mol. The number of halogens is 1. The molecular formula is C15H23ClN2O3S. The molecule has 5 nitrogen and oxygen atoms in total. The maximum absolute atomic E-state index is 12.1. The second kappa shape index (κ2) is 9.82. The summed E-state index contributed by atoms with van der Waals surface area (Å²) in [7, 11) is 3.25. The molecule has 0 unspecified atom stereocenters. The molecule has 1 aliphatic heterocycles. The molecule has 7 heteroatoms. The van der Waals surface area contributed by atoms with Crippen LogP contribution in [0.1, 0.15) is 6.42 Å². The Bertz CT molecular complexity index is 482. The molecule has 2 rings (SSSR count). The third kappa shape index (κ3) is 5.26. The predicted molar refractivity (Wildman–Crippen MR) is 91.6 cm³/mol. The smallest absolute Gasteiger partial charge is 0.223 e. The Balaban J connectivity index is 0.00000242. The Kier molecular flexibility index (Phi) is 8.45. The van der Waals surface area contributed by atoms with E-state index in [9.17, 15) is 4.79 Å². The standard InChI is InChI=1S/C15H22N2O3S.ClH/c1-19-13-4-3-12(11-14(13)20-2)21-10-5-15(18)17-8-6-16-7-9-17;/h3-4,11,16H,5-10H2,1-2H3;1H. The molecule has 0 bridgehead atoms. The summed E-state index contributed by atoms with van der Waals surface area (Å²) in [6, 6.07) is 5.82. The van der Waals surface area contributed by atoms with E-state index in [2.05, 4.69) is 5.32 Å². The fourth-order valence-corrected chi connectivity index (χ4v) is 3.10. The number of hydrogen-bond donors (Lipinski definition) is 1. The van der Waals surface area contributed by atoms with Crippen molar-refractivity contribution in [3.63, 3.8) is 0 Å². The Morgan fingerprint density at radius 2 is 1.91 bits per heavy atom. The van der Waals surface area contributed by atoms with Gasteiger partial charge < -0.3 is 19.7 Å². The Morgan fingerprint density at radius 1 is 1.23 bits per heavy atom. The van der Waals surface area contributed by atoms with E-state index < -0.39 is 0 Å². The second-order valence-electron chi connectivity index (χ2n) is 4.75. The number of benzene rings is 1. The van der Waals surface area contributed by atoms with Gasteiger partial charge in [0.15, 0.2) is 11.5 Å². The first-order chi connectivity index (χ1) is 10.2. The first-order valence-electron chi connectivity index (χ1n) is 7.08. The molecule has 1 fully saturated rings. The van der Waals surface area contributed by atoms with Crippen molar-refractivity contribution in [2.45, 2.75) is 11.3 Å².